The van der Waals surface area contributed by atoms with Crippen LogP contribution >= 0.6 is 0 Å². The van der Waals surface area contributed by atoms with E-state index in [9.17, 15) is 4.79 Å². The quantitative estimate of drug-likeness (QED) is 0.902. The third kappa shape index (κ3) is 3.80. The molecule has 1 amide bonds. The zero-order chi connectivity index (χ0) is 13.8. The molecule has 0 bridgehead atoms. The first kappa shape index (κ1) is 14.1. The topological polar surface area (TPSA) is 32.3 Å². The van der Waals surface area contributed by atoms with E-state index in [-0.39, 0.29) is 5.91 Å². The minimum atomic E-state index is 0.263. The number of rotatable bonds is 4. The first-order chi connectivity index (χ1) is 9.06. The molecule has 1 aliphatic heterocycles. The van der Waals surface area contributed by atoms with E-state index in [1.807, 2.05) is 11.9 Å². The van der Waals surface area contributed by atoms with Gasteiger partial charge in [0, 0.05) is 32.6 Å². The minimum absolute atomic E-state index is 0.263. The third-order valence-corrected chi connectivity index (χ3v) is 3.87. The second-order valence-electron chi connectivity index (χ2n) is 5.79. The van der Waals surface area contributed by atoms with Crippen LogP contribution in [0.25, 0.3) is 0 Å². The van der Waals surface area contributed by atoms with E-state index in [4.69, 9.17) is 0 Å². The molecule has 1 saturated heterocycles. The summed E-state index contributed by atoms with van der Waals surface area (Å²) in [4.78, 5) is 13.2. The molecule has 0 saturated carbocycles. The number of nitrogens with one attached hydrogen (secondary N) is 1. The van der Waals surface area contributed by atoms with Gasteiger partial charge in [0.15, 0.2) is 0 Å². The molecule has 19 heavy (non-hydrogen) atoms. The molecule has 3 nitrogen and oxygen atoms in total. The molecule has 3 heteroatoms. The molecular weight excluding hydrogens is 236 g/mol. The van der Waals surface area contributed by atoms with Crippen molar-refractivity contribution in [3.8, 4) is 0 Å². The number of carbonyl (C=O) groups excluding carboxylic acids is 1. The van der Waals surface area contributed by atoms with Crippen molar-refractivity contribution < 1.29 is 4.79 Å². The van der Waals surface area contributed by atoms with Gasteiger partial charge >= 0.3 is 0 Å². The standard InChI is InChI=1S/C16H24N2O/c1-12(2)14-6-4-13(5-7-14)10-17-15-8-9-16(19)18(3)11-15/h4-7,12,15,17H,8-11H2,1-3H3. The Kier molecular flexibility index (Phi) is 4.59. The number of hydrogen-bond donors (Lipinski definition) is 1. The Balaban J connectivity index is 1.83. The van der Waals surface area contributed by atoms with Crippen molar-refractivity contribution in [2.24, 2.45) is 0 Å². The number of carbonyl (C=O) groups is 1. The van der Waals surface area contributed by atoms with Crippen LogP contribution in [0.15, 0.2) is 24.3 Å². The Bertz CT molecular complexity index is 425. The van der Waals surface area contributed by atoms with Crippen molar-refractivity contribution in [1.29, 1.82) is 0 Å². The predicted octanol–water partition coefficient (Wildman–Crippen LogP) is 2.52. The maximum atomic E-state index is 11.4. The summed E-state index contributed by atoms with van der Waals surface area (Å²) in [5.41, 5.74) is 2.69. The van der Waals surface area contributed by atoms with Gasteiger partial charge in [-0.25, -0.2) is 0 Å². The molecular formula is C16H24N2O. The summed E-state index contributed by atoms with van der Waals surface area (Å²) in [6.07, 6.45) is 1.62. The predicted molar refractivity (Wildman–Crippen MR) is 78.0 cm³/mol. The molecule has 104 valence electrons. The summed E-state index contributed by atoms with van der Waals surface area (Å²) < 4.78 is 0. The van der Waals surface area contributed by atoms with Crippen LogP contribution in [0.2, 0.25) is 0 Å². The first-order valence-corrected chi connectivity index (χ1v) is 7.12. The SMILES string of the molecule is CC(C)c1ccc(CNC2CCC(=O)N(C)C2)cc1. The van der Waals surface area contributed by atoms with Crippen molar-refractivity contribution in [1.82, 2.24) is 10.2 Å². The van der Waals surface area contributed by atoms with Gasteiger partial charge in [0.1, 0.15) is 0 Å². The van der Waals surface area contributed by atoms with Gasteiger partial charge in [-0.3, -0.25) is 4.79 Å². The van der Waals surface area contributed by atoms with E-state index < -0.39 is 0 Å². The van der Waals surface area contributed by atoms with E-state index in [1.54, 1.807) is 0 Å². The fraction of sp³-hybridized carbons (Fsp3) is 0.562. The lowest BCUT2D eigenvalue weighted by Crippen LogP contribution is -2.46. The number of amides is 1. The molecule has 1 aromatic rings. The highest BCUT2D eigenvalue weighted by atomic mass is 16.2. The molecule has 1 N–H and O–H groups in total. The van der Waals surface area contributed by atoms with E-state index in [0.717, 1.165) is 19.5 Å². The Morgan fingerprint density at radius 3 is 2.58 bits per heavy atom. The maximum Gasteiger partial charge on any atom is 0.222 e. The maximum absolute atomic E-state index is 11.4. The summed E-state index contributed by atoms with van der Waals surface area (Å²) in [6, 6.07) is 9.23. The zero-order valence-electron chi connectivity index (χ0n) is 12.1. The van der Waals surface area contributed by atoms with Crippen LogP contribution in [0.1, 0.15) is 43.7 Å². The van der Waals surface area contributed by atoms with Crippen LogP contribution in [0.5, 0.6) is 0 Å². The number of benzene rings is 1. The lowest BCUT2D eigenvalue weighted by atomic mass is 10.0. The van der Waals surface area contributed by atoms with Crippen LogP contribution in [0, 0.1) is 0 Å². The number of piperidine rings is 1. The first-order valence-electron chi connectivity index (χ1n) is 7.12. The Hall–Kier alpha value is -1.35. The van der Waals surface area contributed by atoms with Gasteiger partial charge in [-0.05, 0) is 23.5 Å². The van der Waals surface area contributed by atoms with Crippen molar-refractivity contribution in [2.45, 2.75) is 45.2 Å². The highest BCUT2D eigenvalue weighted by Crippen LogP contribution is 2.15. The molecule has 0 spiro atoms. The Morgan fingerprint density at radius 1 is 1.32 bits per heavy atom. The lowest BCUT2D eigenvalue weighted by Gasteiger charge is -2.30. The molecule has 1 heterocycles. The molecule has 1 aromatic carbocycles. The van der Waals surface area contributed by atoms with Gasteiger partial charge in [0.25, 0.3) is 0 Å². The van der Waals surface area contributed by atoms with E-state index in [1.165, 1.54) is 11.1 Å². The van der Waals surface area contributed by atoms with Crippen LogP contribution < -0.4 is 5.32 Å². The Labute approximate surface area is 116 Å². The van der Waals surface area contributed by atoms with Gasteiger partial charge in [-0.2, -0.15) is 0 Å². The summed E-state index contributed by atoms with van der Waals surface area (Å²) in [5, 5.41) is 3.54. The van der Waals surface area contributed by atoms with Crippen molar-refractivity contribution in [3.05, 3.63) is 35.4 Å². The lowest BCUT2D eigenvalue weighted by molar-refractivity contribution is -0.132. The van der Waals surface area contributed by atoms with Crippen molar-refractivity contribution in [2.75, 3.05) is 13.6 Å². The summed E-state index contributed by atoms with van der Waals surface area (Å²) in [7, 11) is 1.88. The van der Waals surface area contributed by atoms with Crippen LogP contribution in [-0.2, 0) is 11.3 Å². The van der Waals surface area contributed by atoms with Crippen LogP contribution in [0.4, 0.5) is 0 Å². The van der Waals surface area contributed by atoms with E-state index in [0.29, 0.717) is 18.4 Å². The molecule has 1 atom stereocenters. The average molecular weight is 260 g/mol. The molecule has 0 radical (unpaired) electrons. The molecule has 0 aromatic heterocycles. The van der Waals surface area contributed by atoms with E-state index in [2.05, 4.69) is 43.4 Å². The molecule has 1 unspecified atom stereocenters. The fourth-order valence-corrected chi connectivity index (χ4v) is 2.46. The zero-order valence-corrected chi connectivity index (χ0v) is 12.1. The molecule has 1 aliphatic rings. The third-order valence-electron chi connectivity index (χ3n) is 3.87. The van der Waals surface area contributed by atoms with Gasteiger partial charge in [0.2, 0.25) is 5.91 Å². The second-order valence-corrected chi connectivity index (χ2v) is 5.79. The normalized spacial score (nSPS) is 20.1. The van der Waals surface area contributed by atoms with Crippen molar-refractivity contribution >= 4 is 5.91 Å². The van der Waals surface area contributed by atoms with E-state index >= 15 is 0 Å². The fourth-order valence-electron chi connectivity index (χ4n) is 2.46. The average Bonchev–Trinajstić information content (AvgIpc) is 2.40. The molecule has 1 fully saturated rings. The minimum Gasteiger partial charge on any atom is -0.344 e. The molecule has 2 rings (SSSR count). The Morgan fingerprint density at radius 2 is 2.00 bits per heavy atom. The number of likely N-dealkylation sites (N-methyl/N-ethyl adjacent to an activating group) is 1. The number of nitrogens with zero attached hydrogens (tertiary/aromatic N) is 1. The second kappa shape index (κ2) is 6.20. The van der Waals surface area contributed by atoms with Crippen LogP contribution in [-0.4, -0.2) is 30.4 Å². The van der Waals surface area contributed by atoms with Gasteiger partial charge in [0.05, 0.1) is 0 Å². The highest BCUT2D eigenvalue weighted by molar-refractivity contribution is 5.76. The molecule has 0 aliphatic carbocycles. The smallest absolute Gasteiger partial charge is 0.222 e. The highest BCUT2D eigenvalue weighted by Gasteiger charge is 2.21. The monoisotopic (exact) mass is 260 g/mol. The summed E-state index contributed by atoms with van der Waals surface area (Å²) in [6.45, 7) is 6.12. The largest absolute Gasteiger partial charge is 0.344 e. The van der Waals surface area contributed by atoms with Crippen LogP contribution in [0.3, 0.4) is 0 Å². The number of hydrogen-bond acceptors (Lipinski definition) is 2. The van der Waals surface area contributed by atoms with Gasteiger partial charge in [-0.15, -0.1) is 0 Å². The summed E-state index contributed by atoms with van der Waals surface area (Å²) in [5.74, 6) is 0.847. The number of likely N-dealkylation sites (tertiary alicyclic amines) is 1. The van der Waals surface area contributed by atoms with Crippen molar-refractivity contribution in [3.63, 3.8) is 0 Å². The van der Waals surface area contributed by atoms with Gasteiger partial charge < -0.3 is 10.2 Å². The summed E-state index contributed by atoms with van der Waals surface area (Å²) >= 11 is 0. The van der Waals surface area contributed by atoms with Gasteiger partial charge in [-0.1, -0.05) is 38.1 Å².